The van der Waals surface area contributed by atoms with Crippen LogP contribution in [0.1, 0.15) is 18.3 Å². The van der Waals surface area contributed by atoms with Crippen molar-refractivity contribution in [2.24, 2.45) is 0 Å². The van der Waals surface area contributed by atoms with Crippen molar-refractivity contribution in [1.82, 2.24) is 15.5 Å². The Kier molecular flexibility index (Phi) is 4.14. The maximum Gasteiger partial charge on any atom is 0.226 e. The molecule has 3 aromatic rings. The second kappa shape index (κ2) is 6.39. The average molecular weight is 295 g/mol. The fourth-order valence-corrected chi connectivity index (χ4v) is 2.43. The summed E-state index contributed by atoms with van der Waals surface area (Å²) in [6.07, 6.45) is 2.67. The van der Waals surface area contributed by atoms with E-state index in [-0.39, 0.29) is 18.4 Å². The molecule has 112 valence electrons. The number of aromatic nitrogens is 2. The fourth-order valence-electron chi connectivity index (χ4n) is 2.43. The van der Waals surface area contributed by atoms with Crippen LogP contribution in [0.15, 0.2) is 53.2 Å². The molecule has 0 aliphatic heterocycles. The molecule has 2 aromatic heterocycles. The van der Waals surface area contributed by atoms with Crippen molar-refractivity contribution in [2.75, 3.05) is 0 Å². The summed E-state index contributed by atoms with van der Waals surface area (Å²) in [5, 5.41) is 7.83. The summed E-state index contributed by atoms with van der Waals surface area (Å²) in [5.41, 5.74) is 2.33. The number of amides is 1. The number of fused-ring (bicyclic) bond motifs is 1. The zero-order valence-corrected chi connectivity index (χ0v) is 12.3. The van der Waals surface area contributed by atoms with Crippen molar-refractivity contribution in [1.29, 1.82) is 0 Å². The van der Waals surface area contributed by atoms with E-state index in [9.17, 15) is 4.79 Å². The molecular weight excluding hydrogens is 278 g/mol. The highest BCUT2D eigenvalue weighted by atomic mass is 16.5. The Hall–Kier alpha value is -2.69. The van der Waals surface area contributed by atoms with Crippen LogP contribution in [0.3, 0.4) is 0 Å². The van der Waals surface area contributed by atoms with Gasteiger partial charge in [0.2, 0.25) is 5.91 Å². The van der Waals surface area contributed by atoms with Gasteiger partial charge in [-0.25, -0.2) is 0 Å². The minimum Gasteiger partial charge on any atom is -0.356 e. The van der Waals surface area contributed by atoms with E-state index in [2.05, 4.69) is 15.5 Å². The maximum atomic E-state index is 12.1. The molecule has 1 aromatic carbocycles. The average Bonchev–Trinajstić information content (AvgIpc) is 2.91. The summed E-state index contributed by atoms with van der Waals surface area (Å²) in [6.45, 7) is 1.97. The van der Waals surface area contributed by atoms with Gasteiger partial charge in [0.25, 0.3) is 0 Å². The number of hydrogen-bond acceptors (Lipinski definition) is 4. The maximum absolute atomic E-state index is 12.1. The van der Waals surface area contributed by atoms with Gasteiger partial charge in [-0.15, -0.1) is 0 Å². The van der Waals surface area contributed by atoms with Crippen LogP contribution >= 0.6 is 0 Å². The van der Waals surface area contributed by atoms with Crippen LogP contribution in [0.25, 0.3) is 11.0 Å². The quantitative estimate of drug-likeness (QED) is 0.785. The molecule has 0 bridgehead atoms. The van der Waals surface area contributed by atoms with E-state index in [4.69, 9.17) is 4.52 Å². The smallest absolute Gasteiger partial charge is 0.226 e. The molecule has 5 heteroatoms. The van der Waals surface area contributed by atoms with E-state index in [0.717, 1.165) is 11.1 Å². The van der Waals surface area contributed by atoms with Crippen molar-refractivity contribution in [3.05, 3.63) is 60.0 Å². The fraction of sp³-hybridized carbons (Fsp3) is 0.235. The molecule has 2 heterocycles. The Balaban J connectivity index is 1.60. The third-order valence-electron chi connectivity index (χ3n) is 3.43. The third kappa shape index (κ3) is 3.31. The van der Waals surface area contributed by atoms with Gasteiger partial charge < -0.3 is 9.84 Å². The largest absolute Gasteiger partial charge is 0.356 e. The van der Waals surface area contributed by atoms with E-state index in [0.29, 0.717) is 17.7 Å². The Morgan fingerprint density at radius 2 is 2.05 bits per heavy atom. The first kappa shape index (κ1) is 14.3. The normalized spacial score (nSPS) is 12.2. The molecule has 3 rings (SSSR count). The van der Waals surface area contributed by atoms with Crippen molar-refractivity contribution in [3.8, 4) is 0 Å². The molecule has 0 radical (unpaired) electrons. The summed E-state index contributed by atoms with van der Waals surface area (Å²) >= 11 is 0. The van der Waals surface area contributed by atoms with E-state index in [1.54, 1.807) is 6.20 Å². The molecule has 22 heavy (non-hydrogen) atoms. The standard InChI is InChI=1S/C17H17N3O2/c1-12(10-13-6-4-5-9-18-13)19-17(21)11-15-14-7-2-3-8-16(14)22-20-15/h2-9,12H,10-11H2,1H3,(H,19,21)/t12-/m1/s1. The highest BCUT2D eigenvalue weighted by molar-refractivity contribution is 5.86. The molecule has 1 N–H and O–H groups in total. The summed E-state index contributed by atoms with van der Waals surface area (Å²) in [4.78, 5) is 16.4. The Morgan fingerprint density at radius 1 is 1.23 bits per heavy atom. The van der Waals surface area contributed by atoms with E-state index < -0.39 is 0 Å². The van der Waals surface area contributed by atoms with Crippen LogP contribution in [0.4, 0.5) is 0 Å². The van der Waals surface area contributed by atoms with Crippen molar-refractivity contribution in [3.63, 3.8) is 0 Å². The van der Waals surface area contributed by atoms with Gasteiger partial charge in [-0.2, -0.15) is 0 Å². The first-order valence-electron chi connectivity index (χ1n) is 7.25. The van der Waals surface area contributed by atoms with Gasteiger partial charge >= 0.3 is 0 Å². The van der Waals surface area contributed by atoms with Gasteiger partial charge in [-0.3, -0.25) is 9.78 Å². The van der Waals surface area contributed by atoms with Gasteiger partial charge in [0.1, 0.15) is 5.69 Å². The SMILES string of the molecule is C[C@H](Cc1ccccn1)NC(=O)Cc1noc2ccccc12. The van der Waals surface area contributed by atoms with E-state index in [1.807, 2.05) is 49.4 Å². The Bertz CT molecular complexity index is 768. The van der Waals surface area contributed by atoms with Crippen LogP contribution in [0.2, 0.25) is 0 Å². The lowest BCUT2D eigenvalue weighted by molar-refractivity contribution is -0.121. The summed E-state index contributed by atoms with van der Waals surface area (Å²) < 4.78 is 5.21. The molecule has 0 aliphatic rings. The van der Waals surface area contributed by atoms with Gasteiger partial charge in [-0.1, -0.05) is 23.4 Å². The third-order valence-corrected chi connectivity index (χ3v) is 3.43. The lowest BCUT2D eigenvalue weighted by atomic mass is 10.1. The highest BCUT2D eigenvalue weighted by Crippen LogP contribution is 2.18. The van der Waals surface area contributed by atoms with E-state index in [1.165, 1.54) is 0 Å². The topological polar surface area (TPSA) is 68.0 Å². The number of carbonyl (C=O) groups excluding carboxylic acids is 1. The zero-order chi connectivity index (χ0) is 15.4. The molecule has 0 fully saturated rings. The molecule has 1 amide bonds. The van der Waals surface area contributed by atoms with Crippen LogP contribution in [-0.4, -0.2) is 22.1 Å². The lowest BCUT2D eigenvalue weighted by Crippen LogP contribution is -2.35. The van der Waals surface area contributed by atoms with Gasteiger partial charge in [0.05, 0.1) is 6.42 Å². The number of nitrogens with one attached hydrogen (secondary N) is 1. The predicted molar refractivity (Wildman–Crippen MR) is 83.3 cm³/mol. The predicted octanol–water partition coefficient (Wildman–Crippen LogP) is 2.51. The van der Waals surface area contributed by atoms with Gasteiger partial charge in [0.15, 0.2) is 5.58 Å². The minimum absolute atomic E-state index is 0.0144. The van der Waals surface area contributed by atoms with Crippen molar-refractivity contribution < 1.29 is 9.32 Å². The monoisotopic (exact) mass is 295 g/mol. The summed E-state index contributed by atoms with van der Waals surface area (Å²) in [5.74, 6) is -0.0671. The van der Waals surface area contributed by atoms with Crippen molar-refractivity contribution >= 4 is 16.9 Å². The second-order valence-corrected chi connectivity index (χ2v) is 5.30. The first-order chi connectivity index (χ1) is 10.7. The number of para-hydroxylation sites is 1. The van der Waals surface area contributed by atoms with Gasteiger partial charge in [0, 0.05) is 29.7 Å². The molecule has 1 atom stereocenters. The Morgan fingerprint density at radius 3 is 2.86 bits per heavy atom. The summed E-state index contributed by atoms with van der Waals surface area (Å²) in [6, 6.07) is 13.3. The number of benzene rings is 1. The van der Waals surface area contributed by atoms with Crippen LogP contribution in [-0.2, 0) is 17.6 Å². The number of nitrogens with zero attached hydrogens (tertiary/aromatic N) is 2. The molecule has 0 saturated heterocycles. The molecule has 0 aliphatic carbocycles. The number of pyridine rings is 1. The molecule has 5 nitrogen and oxygen atoms in total. The minimum atomic E-state index is -0.0671. The molecule has 0 saturated carbocycles. The number of hydrogen-bond donors (Lipinski definition) is 1. The zero-order valence-electron chi connectivity index (χ0n) is 12.3. The molecular formula is C17H17N3O2. The van der Waals surface area contributed by atoms with Crippen LogP contribution in [0, 0.1) is 0 Å². The number of rotatable bonds is 5. The number of carbonyl (C=O) groups is 1. The van der Waals surface area contributed by atoms with E-state index >= 15 is 0 Å². The second-order valence-electron chi connectivity index (χ2n) is 5.30. The lowest BCUT2D eigenvalue weighted by Gasteiger charge is -2.12. The van der Waals surface area contributed by atoms with Crippen LogP contribution in [0.5, 0.6) is 0 Å². The Labute approximate surface area is 128 Å². The molecule has 0 spiro atoms. The summed E-state index contributed by atoms with van der Waals surface area (Å²) in [7, 11) is 0. The molecule has 0 unspecified atom stereocenters. The first-order valence-corrected chi connectivity index (χ1v) is 7.25. The highest BCUT2D eigenvalue weighted by Gasteiger charge is 2.14. The van der Waals surface area contributed by atoms with Crippen molar-refractivity contribution in [2.45, 2.75) is 25.8 Å². The van der Waals surface area contributed by atoms with Gasteiger partial charge in [-0.05, 0) is 31.2 Å². The van der Waals surface area contributed by atoms with Crippen LogP contribution < -0.4 is 5.32 Å².